The maximum Gasteiger partial charge on any atom is 0.413 e. The summed E-state index contributed by atoms with van der Waals surface area (Å²) < 4.78 is 0. The van der Waals surface area contributed by atoms with Gasteiger partial charge in [-0.25, -0.2) is 0 Å². The van der Waals surface area contributed by atoms with Crippen LogP contribution < -0.4 is 16.4 Å². The molecule has 0 amide bonds. The number of rotatable bonds is 5. The van der Waals surface area contributed by atoms with Gasteiger partial charge in [-0.15, -0.1) is 0 Å². The van der Waals surface area contributed by atoms with Crippen LogP contribution in [-0.2, 0) is 17.8 Å². The lowest BCUT2D eigenvalue weighted by Gasteiger charge is -2.16. The Labute approximate surface area is 152 Å². The SMILES string of the molecule is NC[C@@H](C(=O)Cc1ccc2cnccc2c1)c1ccc2c(c1)B(O)NC2. The van der Waals surface area contributed by atoms with Crippen LogP contribution >= 0.6 is 0 Å². The van der Waals surface area contributed by atoms with Gasteiger partial charge in [-0.2, -0.15) is 0 Å². The van der Waals surface area contributed by atoms with Crippen LogP contribution in [0, 0.1) is 0 Å². The minimum Gasteiger partial charge on any atom is -0.433 e. The first-order valence-electron chi connectivity index (χ1n) is 8.75. The van der Waals surface area contributed by atoms with Gasteiger partial charge in [0.15, 0.2) is 0 Å². The number of fused-ring (bicyclic) bond motifs is 2. The molecule has 1 aliphatic rings. The Balaban J connectivity index is 1.58. The zero-order valence-electron chi connectivity index (χ0n) is 14.4. The lowest BCUT2D eigenvalue weighted by Crippen LogP contribution is -2.37. The maximum atomic E-state index is 12.9. The van der Waals surface area contributed by atoms with Gasteiger partial charge >= 0.3 is 7.05 Å². The van der Waals surface area contributed by atoms with Gasteiger partial charge in [0.05, 0.1) is 5.92 Å². The zero-order chi connectivity index (χ0) is 18.1. The summed E-state index contributed by atoms with van der Waals surface area (Å²) in [5.74, 6) is -0.289. The first-order chi connectivity index (χ1) is 12.7. The number of ketones is 1. The molecule has 0 radical (unpaired) electrons. The van der Waals surface area contributed by atoms with E-state index in [1.54, 1.807) is 6.20 Å². The van der Waals surface area contributed by atoms with Gasteiger partial charge in [0.1, 0.15) is 5.78 Å². The second kappa shape index (κ2) is 7.00. The van der Waals surface area contributed by atoms with E-state index in [9.17, 15) is 9.82 Å². The van der Waals surface area contributed by atoms with Gasteiger partial charge in [-0.3, -0.25) is 9.78 Å². The summed E-state index contributed by atoms with van der Waals surface area (Å²) in [5.41, 5.74) is 9.66. The van der Waals surface area contributed by atoms with E-state index in [2.05, 4.69) is 10.2 Å². The Morgan fingerprint density at radius 1 is 1.23 bits per heavy atom. The van der Waals surface area contributed by atoms with Crippen LogP contribution in [0.2, 0.25) is 0 Å². The maximum absolute atomic E-state index is 12.9. The van der Waals surface area contributed by atoms with Crippen LogP contribution in [0.1, 0.15) is 22.6 Å². The molecular formula is C20H20BN3O2. The predicted octanol–water partition coefficient (Wildman–Crippen LogP) is 0.880. The molecule has 1 atom stereocenters. The zero-order valence-corrected chi connectivity index (χ0v) is 14.4. The molecule has 0 spiro atoms. The molecule has 0 fully saturated rings. The highest BCUT2D eigenvalue weighted by atomic mass is 16.2. The second-order valence-corrected chi connectivity index (χ2v) is 6.73. The molecule has 2 heterocycles. The van der Waals surface area contributed by atoms with Crippen molar-refractivity contribution in [1.82, 2.24) is 10.2 Å². The van der Waals surface area contributed by atoms with Crippen molar-refractivity contribution in [2.75, 3.05) is 6.54 Å². The number of pyridine rings is 1. The fraction of sp³-hybridized carbons (Fsp3) is 0.200. The molecule has 1 aliphatic heterocycles. The predicted molar refractivity (Wildman–Crippen MR) is 103 cm³/mol. The number of aromatic nitrogens is 1. The van der Waals surface area contributed by atoms with Crippen molar-refractivity contribution in [2.45, 2.75) is 18.9 Å². The largest absolute Gasteiger partial charge is 0.433 e. The number of nitrogens with one attached hydrogen (secondary N) is 1. The number of carbonyl (C=O) groups is 1. The summed E-state index contributed by atoms with van der Waals surface area (Å²) in [4.78, 5) is 17.0. The van der Waals surface area contributed by atoms with Gasteiger partial charge < -0.3 is 16.0 Å². The monoisotopic (exact) mass is 345 g/mol. The fourth-order valence-electron chi connectivity index (χ4n) is 3.58. The summed E-state index contributed by atoms with van der Waals surface area (Å²) in [5, 5.41) is 15.1. The quantitative estimate of drug-likeness (QED) is 0.598. The van der Waals surface area contributed by atoms with Crippen molar-refractivity contribution in [1.29, 1.82) is 0 Å². The fourth-order valence-corrected chi connectivity index (χ4v) is 3.58. The van der Waals surface area contributed by atoms with Gasteiger partial charge in [0.25, 0.3) is 0 Å². The van der Waals surface area contributed by atoms with E-state index < -0.39 is 7.05 Å². The van der Waals surface area contributed by atoms with Gasteiger partial charge in [0, 0.05) is 37.3 Å². The molecule has 1 aromatic heterocycles. The number of nitrogens with zero attached hydrogens (tertiary/aromatic N) is 1. The molecule has 0 bridgehead atoms. The molecule has 0 saturated carbocycles. The molecule has 0 aliphatic carbocycles. The molecule has 4 N–H and O–H groups in total. The smallest absolute Gasteiger partial charge is 0.413 e. The third kappa shape index (κ3) is 3.14. The Morgan fingerprint density at radius 3 is 2.96 bits per heavy atom. The highest BCUT2D eigenvalue weighted by Gasteiger charge is 2.27. The number of hydrogen-bond acceptors (Lipinski definition) is 5. The Morgan fingerprint density at radius 2 is 2.12 bits per heavy atom. The Kier molecular flexibility index (Phi) is 4.55. The summed E-state index contributed by atoms with van der Waals surface area (Å²) in [6.07, 6.45) is 3.89. The average molecular weight is 345 g/mol. The van der Waals surface area contributed by atoms with E-state index >= 15 is 0 Å². The molecule has 130 valence electrons. The van der Waals surface area contributed by atoms with Crippen molar-refractivity contribution in [3.8, 4) is 0 Å². The van der Waals surface area contributed by atoms with E-state index in [0.29, 0.717) is 13.0 Å². The normalized spacial score (nSPS) is 14.5. The molecule has 4 rings (SSSR count). The third-order valence-electron chi connectivity index (χ3n) is 5.06. The molecular weight excluding hydrogens is 325 g/mol. The Bertz CT molecular complexity index is 976. The minimum atomic E-state index is -0.674. The average Bonchev–Trinajstić information content (AvgIpc) is 3.03. The molecule has 2 aromatic carbocycles. The first kappa shape index (κ1) is 16.9. The molecule has 0 unspecified atom stereocenters. The summed E-state index contributed by atoms with van der Waals surface area (Å²) in [6, 6.07) is 13.7. The van der Waals surface area contributed by atoms with E-state index in [0.717, 1.165) is 32.9 Å². The standard InChI is InChI=1S/C20H20BN3O2/c22-10-18(15-3-4-17-12-24-21(26)19(17)9-15)20(25)8-13-1-2-16-11-23-6-5-14(16)7-13/h1-7,9,11,18,24,26H,8,10,12,22H2/t18-/m1/s1. The lowest BCUT2D eigenvalue weighted by molar-refractivity contribution is -0.119. The van der Waals surface area contributed by atoms with E-state index in [-0.39, 0.29) is 18.2 Å². The first-order valence-corrected chi connectivity index (χ1v) is 8.75. The molecule has 3 aromatic rings. The van der Waals surface area contributed by atoms with Crippen LogP contribution in [0.15, 0.2) is 54.9 Å². The number of nitrogens with two attached hydrogens (primary N) is 1. The van der Waals surface area contributed by atoms with E-state index in [1.165, 1.54) is 0 Å². The van der Waals surface area contributed by atoms with Gasteiger partial charge in [0.2, 0.25) is 0 Å². The van der Waals surface area contributed by atoms with Crippen LogP contribution in [0.3, 0.4) is 0 Å². The third-order valence-corrected chi connectivity index (χ3v) is 5.06. The van der Waals surface area contributed by atoms with Crippen molar-refractivity contribution in [3.63, 3.8) is 0 Å². The van der Waals surface area contributed by atoms with Crippen LogP contribution in [0.25, 0.3) is 10.8 Å². The highest BCUT2D eigenvalue weighted by Crippen LogP contribution is 2.21. The summed E-state index contributed by atoms with van der Waals surface area (Å²) in [7, 11) is -0.674. The van der Waals surface area contributed by atoms with Crippen LogP contribution in [0.5, 0.6) is 0 Å². The van der Waals surface area contributed by atoms with Crippen molar-refractivity contribution < 1.29 is 9.82 Å². The van der Waals surface area contributed by atoms with E-state index in [1.807, 2.05) is 48.7 Å². The molecule has 5 nitrogen and oxygen atoms in total. The molecule has 6 heteroatoms. The van der Waals surface area contributed by atoms with Gasteiger partial charge in [-0.05, 0) is 33.6 Å². The number of carbonyl (C=O) groups excluding carboxylic acids is 1. The molecule has 26 heavy (non-hydrogen) atoms. The van der Waals surface area contributed by atoms with Crippen LogP contribution in [-0.4, -0.2) is 29.4 Å². The summed E-state index contributed by atoms with van der Waals surface area (Å²) >= 11 is 0. The minimum absolute atomic E-state index is 0.0845. The number of hydrogen-bond donors (Lipinski definition) is 3. The number of Topliss-reactive ketones (excluding diaryl/α,β-unsaturated/α-hetero) is 1. The summed E-state index contributed by atoms with van der Waals surface area (Å²) in [6.45, 7) is 0.891. The highest BCUT2D eigenvalue weighted by molar-refractivity contribution is 6.65. The molecule has 0 saturated heterocycles. The number of benzene rings is 2. The topological polar surface area (TPSA) is 88.2 Å². The van der Waals surface area contributed by atoms with Gasteiger partial charge in [-0.1, -0.05) is 36.4 Å². The lowest BCUT2D eigenvalue weighted by atomic mass is 9.74. The van der Waals surface area contributed by atoms with Crippen molar-refractivity contribution in [2.24, 2.45) is 5.73 Å². The Hall–Kier alpha value is -2.54. The van der Waals surface area contributed by atoms with Crippen LogP contribution in [0.4, 0.5) is 0 Å². The second-order valence-electron chi connectivity index (χ2n) is 6.73. The van der Waals surface area contributed by atoms with Crippen molar-refractivity contribution in [3.05, 3.63) is 71.5 Å². The van der Waals surface area contributed by atoms with E-state index in [4.69, 9.17) is 5.73 Å². The van der Waals surface area contributed by atoms with Crippen molar-refractivity contribution >= 4 is 29.1 Å².